The summed E-state index contributed by atoms with van der Waals surface area (Å²) in [7, 11) is 0. The van der Waals surface area contributed by atoms with E-state index in [2.05, 4.69) is 31.1 Å². The van der Waals surface area contributed by atoms with E-state index in [-0.39, 0.29) is 11.8 Å². The van der Waals surface area contributed by atoms with Crippen LogP contribution >= 0.6 is 15.9 Å². The zero-order valence-corrected chi connectivity index (χ0v) is 16.7. The molecule has 2 aromatic heterocycles. The molecule has 28 heavy (non-hydrogen) atoms. The van der Waals surface area contributed by atoms with Gasteiger partial charge in [-0.2, -0.15) is 4.98 Å². The second-order valence-corrected chi connectivity index (χ2v) is 7.74. The highest BCUT2D eigenvalue weighted by Gasteiger charge is 2.30. The van der Waals surface area contributed by atoms with Crippen LogP contribution in [0.25, 0.3) is 11.4 Å². The molecule has 144 valence electrons. The molecular weight excluding hydrogens is 422 g/mol. The molecule has 1 fully saturated rings. The van der Waals surface area contributed by atoms with Crippen LogP contribution in [-0.2, 0) is 4.79 Å². The van der Waals surface area contributed by atoms with Crippen molar-refractivity contribution >= 4 is 21.8 Å². The van der Waals surface area contributed by atoms with E-state index in [1.165, 1.54) is 0 Å². The molecule has 0 saturated carbocycles. The van der Waals surface area contributed by atoms with Crippen molar-refractivity contribution in [2.75, 3.05) is 13.1 Å². The van der Waals surface area contributed by atoms with Crippen LogP contribution in [-0.4, -0.2) is 39.0 Å². The van der Waals surface area contributed by atoms with Gasteiger partial charge in [-0.3, -0.25) is 9.78 Å². The van der Waals surface area contributed by atoms with Crippen molar-refractivity contribution in [2.45, 2.75) is 24.8 Å². The predicted octanol–water partition coefficient (Wildman–Crippen LogP) is 3.30. The van der Waals surface area contributed by atoms with Gasteiger partial charge in [0.25, 0.3) is 0 Å². The van der Waals surface area contributed by atoms with Crippen molar-refractivity contribution in [3.63, 3.8) is 0 Å². The van der Waals surface area contributed by atoms with Crippen molar-refractivity contribution in [3.05, 3.63) is 64.7 Å². The number of pyridine rings is 1. The van der Waals surface area contributed by atoms with Gasteiger partial charge in [-0.15, -0.1) is 0 Å². The van der Waals surface area contributed by atoms with E-state index in [0.29, 0.717) is 24.8 Å². The number of amides is 1. The molecule has 1 atom stereocenters. The van der Waals surface area contributed by atoms with Crippen LogP contribution in [0.5, 0.6) is 0 Å². The summed E-state index contributed by atoms with van der Waals surface area (Å²) in [5, 5.41) is 4.07. The minimum absolute atomic E-state index is 0.0521. The van der Waals surface area contributed by atoms with Crippen molar-refractivity contribution in [1.82, 2.24) is 20.0 Å². The van der Waals surface area contributed by atoms with Gasteiger partial charge in [0, 0.05) is 41.4 Å². The third-order valence-electron chi connectivity index (χ3n) is 5.03. The third kappa shape index (κ3) is 3.98. The number of carbonyl (C=O) groups is 1. The summed E-state index contributed by atoms with van der Waals surface area (Å²) in [6, 6.07) is 10.6. The molecule has 0 aliphatic carbocycles. The number of rotatable bonds is 4. The molecule has 1 aromatic carbocycles. The van der Waals surface area contributed by atoms with Gasteiger partial charge < -0.3 is 15.2 Å². The summed E-state index contributed by atoms with van der Waals surface area (Å²) in [5.41, 5.74) is 7.87. The highest BCUT2D eigenvalue weighted by molar-refractivity contribution is 9.10. The summed E-state index contributed by atoms with van der Waals surface area (Å²) in [5.74, 6) is 1.28. The van der Waals surface area contributed by atoms with Gasteiger partial charge in [0.1, 0.15) is 6.04 Å². The molecule has 2 N–H and O–H groups in total. The zero-order chi connectivity index (χ0) is 19.5. The number of hydrogen-bond acceptors (Lipinski definition) is 6. The van der Waals surface area contributed by atoms with Gasteiger partial charge in [-0.1, -0.05) is 33.2 Å². The lowest BCUT2D eigenvalue weighted by atomic mass is 9.95. The molecule has 1 unspecified atom stereocenters. The van der Waals surface area contributed by atoms with E-state index < -0.39 is 6.04 Å². The van der Waals surface area contributed by atoms with Gasteiger partial charge >= 0.3 is 0 Å². The minimum Gasteiger partial charge on any atom is -0.341 e. The van der Waals surface area contributed by atoms with Gasteiger partial charge in [0.15, 0.2) is 0 Å². The maximum atomic E-state index is 12.7. The zero-order valence-electron chi connectivity index (χ0n) is 15.2. The first-order valence-electron chi connectivity index (χ1n) is 9.15. The maximum Gasteiger partial charge on any atom is 0.244 e. The smallest absolute Gasteiger partial charge is 0.244 e. The first-order valence-corrected chi connectivity index (χ1v) is 9.95. The van der Waals surface area contributed by atoms with Crippen LogP contribution < -0.4 is 5.73 Å². The van der Waals surface area contributed by atoms with Crippen LogP contribution in [0.1, 0.15) is 36.3 Å². The Balaban J connectivity index is 1.37. The summed E-state index contributed by atoms with van der Waals surface area (Å²) >= 11 is 3.39. The average molecular weight is 442 g/mol. The van der Waals surface area contributed by atoms with Gasteiger partial charge in [-0.25, -0.2) is 0 Å². The SMILES string of the molecule is NC(C(=O)N1CCC(c2nc(-c3ccncc3)no2)CC1)c1ccc(Br)cc1. The second-order valence-electron chi connectivity index (χ2n) is 6.82. The molecule has 8 heteroatoms. The molecule has 1 aliphatic rings. The molecule has 1 aliphatic heterocycles. The fraction of sp³-hybridized carbons (Fsp3) is 0.300. The fourth-order valence-electron chi connectivity index (χ4n) is 3.38. The van der Waals surface area contributed by atoms with E-state index in [4.69, 9.17) is 10.3 Å². The largest absolute Gasteiger partial charge is 0.341 e. The lowest BCUT2D eigenvalue weighted by Gasteiger charge is -2.32. The van der Waals surface area contributed by atoms with Gasteiger partial charge in [0.2, 0.25) is 17.6 Å². The Hall–Kier alpha value is -2.58. The molecule has 3 heterocycles. The molecule has 1 saturated heterocycles. The monoisotopic (exact) mass is 441 g/mol. The van der Waals surface area contributed by atoms with E-state index in [1.54, 1.807) is 12.4 Å². The third-order valence-corrected chi connectivity index (χ3v) is 5.56. The maximum absolute atomic E-state index is 12.7. The van der Waals surface area contributed by atoms with E-state index in [0.717, 1.165) is 28.4 Å². The Morgan fingerprint density at radius 3 is 2.50 bits per heavy atom. The lowest BCUT2D eigenvalue weighted by Crippen LogP contribution is -2.43. The lowest BCUT2D eigenvalue weighted by molar-refractivity contribution is -0.133. The van der Waals surface area contributed by atoms with Gasteiger partial charge in [0.05, 0.1) is 0 Å². The normalized spacial score (nSPS) is 16.1. The van der Waals surface area contributed by atoms with E-state index in [9.17, 15) is 4.79 Å². The number of nitrogens with zero attached hydrogens (tertiary/aromatic N) is 4. The fourth-order valence-corrected chi connectivity index (χ4v) is 3.64. The Morgan fingerprint density at radius 2 is 1.82 bits per heavy atom. The average Bonchev–Trinajstić information content (AvgIpc) is 3.24. The van der Waals surface area contributed by atoms with Crippen molar-refractivity contribution in [1.29, 1.82) is 0 Å². The molecule has 4 rings (SSSR count). The molecule has 0 radical (unpaired) electrons. The summed E-state index contributed by atoms with van der Waals surface area (Å²) in [4.78, 5) is 23.1. The Bertz CT molecular complexity index is 937. The number of benzene rings is 1. The molecule has 7 nitrogen and oxygen atoms in total. The number of likely N-dealkylation sites (tertiary alicyclic amines) is 1. The number of aromatic nitrogens is 3. The topological polar surface area (TPSA) is 98.1 Å². The molecule has 1 amide bonds. The quantitative estimate of drug-likeness (QED) is 0.666. The summed E-state index contributed by atoms with van der Waals surface area (Å²) < 4.78 is 6.43. The van der Waals surface area contributed by atoms with Crippen LogP contribution in [0.15, 0.2) is 57.8 Å². The standard InChI is InChI=1S/C20H20BrN5O2/c21-16-3-1-13(2-4-16)17(22)20(27)26-11-7-15(8-12-26)19-24-18(25-28-19)14-5-9-23-10-6-14/h1-6,9-10,15,17H,7-8,11-12,22H2. The van der Waals surface area contributed by atoms with E-state index >= 15 is 0 Å². The van der Waals surface area contributed by atoms with Gasteiger partial charge in [-0.05, 0) is 42.7 Å². The Morgan fingerprint density at radius 1 is 1.14 bits per heavy atom. The van der Waals surface area contributed by atoms with Crippen molar-refractivity contribution in [2.24, 2.45) is 5.73 Å². The Labute approximate surface area is 171 Å². The summed E-state index contributed by atoms with van der Waals surface area (Å²) in [6.45, 7) is 1.25. The molecule has 0 spiro atoms. The van der Waals surface area contributed by atoms with Crippen LogP contribution in [0.4, 0.5) is 0 Å². The van der Waals surface area contributed by atoms with Crippen LogP contribution in [0.2, 0.25) is 0 Å². The van der Waals surface area contributed by atoms with Crippen LogP contribution in [0.3, 0.4) is 0 Å². The first kappa shape index (κ1) is 18.8. The molecular formula is C20H20BrN5O2. The highest BCUT2D eigenvalue weighted by Crippen LogP contribution is 2.29. The first-order chi connectivity index (χ1) is 13.6. The minimum atomic E-state index is -0.647. The number of carbonyl (C=O) groups excluding carboxylic acids is 1. The number of hydrogen-bond donors (Lipinski definition) is 1. The summed E-state index contributed by atoms with van der Waals surface area (Å²) in [6.07, 6.45) is 4.95. The predicted molar refractivity (Wildman–Crippen MR) is 107 cm³/mol. The second kappa shape index (κ2) is 8.20. The number of piperidine rings is 1. The van der Waals surface area contributed by atoms with E-state index in [1.807, 2.05) is 41.3 Å². The van der Waals surface area contributed by atoms with Crippen molar-refractivity contribution < 1.29 is 9.32 Å². The highest BCUT2D eigenvalue weighted by atomic mass is 79.9. The molecule has 0 bridgehead atoms. The van der Waals surface area contributed by atoms with Crippen molar-refractivity contribution in [3.8, 4) is 11.4 Å². The number of nitrogens with two attached hydrogens (primary N) is 1. The number of halogens is 1. The Kier molecular flexibility index (Phi) is 5.50. The van der Waals surface area contributed by atoms with Crippen LogP contribution in [0, 0.1) is 0 Å². The molecule has 3 aromatic rings.